The maximum absolute atomic E-state index is 12.5. The Hall–Kier alpha value is -4.33. The fourth-order valence-corrected chi connectivity index (χ4v) is 3.82. The van der Waals surface area contributed by atoms with Gasteiger partial charge in [0.2, 0.25) is 0 Å². The van der Waals surface area contributed by atoms with E-state index < -0.39 is 5.97 Å². The summed E-state index contributed by atoms with van der Waals surface area (Å²) in [5, 5.41) is 4.58. The number of rotatable bonds is 9. The zero-order valence-electron chi connectivity index (χ0n) is 20.2. The molecule has 4 aromatic rings. The molecule has 0 spiro atoms. The summed E-state index contributed by atoms with van der Waals surface area (Å²) >= 11 is 12.0. The van der Waals surface area contributed by atoms with E-state index in [4.69, 9.17) is 37.4 Å². The van der Waals surface area contributed by atoms with Crippen LogP contribution in [0.25, 0.3) is 0 Å². The summed E-state index contributed by atoms with van der Waals surface area (Å²) in [6, 6.07) is 25.9. The fourth-order valence-electron chi connectivity index (χ4n) is 3.33. The Labute approximate surface area is 229 Å². The molecule has 4 aromatic carbocycles. The molecule has 0 bridgehead atoms. The number of benzene rings is 4. The SMILES string of the molecule is COc1cc(/C=N/NC(=O)c2ccc(OCc3ccccc3)cc2)ccc1OC(=O)c1ccc(Cl)cc1Cl. The van der Waals surface area contributed by atoms with Crippen LogP contribution in [0.5, 0.6) is 17.2 Å². The van der Waals surface area contributed by atoms with Crippen molar-refractivity contribution < 1.29 is 23.8 Å². The molecule has 192 valence electrons. The van der Waals surface area contributed by atoms with Crippen molar-refractivity contribution in [1.82, 2.24) is 5.43 Å². The van der Waals surface area contributed by atoms with Crippen LogP contribution in [0.2, 0.25) is 10.0 Å². The first-order valence-electron chi connectivity index (χ1n) is 11.4. The highest BCUT2D eigenvalue weighted by Crippen LogP contribution is 2.30. The van der Waals surface area contributed by atoms with E-state index in [-0.39, 0.29) is 22.2 Å². The lowest BCUT2D eigenvalue weighted by atomic mass is 10.2. The Kier molecular flexibility index (Phi) is 8.98. The smallest absolute Gasteiger partial charge is 0.345 e. The van der Waals surface area contributed by atoms with Gasteiger partial charge in [0.15, 0.2) is 11.5 Å². The molecule has 0 aliphatic rings. The van der Waals surface area contributed by atoms with E-state index in [0.29, 0.717) is 34.3 Å². The molecule has 0 aromatic heterocycles. The average molecular weight is 549 g/mol. The molecule has 0 radical (unpaired) electrons. The molecule has 0 fully saturated rings. The van der Waals surface area contributed by atoms with Gasteiger partial charge in [-0.3, -0.25) is 4.79 Å². The summed E-state index contributed by atoms with van der Waals surface area (Å²) < 4.78 is 16.5. The van der Waals surface area contributed by atoms with Gasteiger partial charge in [-0.1, -0.05) is 53.5 Å². The van der Waals surface area contributed by atoms with Crippen LogP contribution in [0.1, 0.15) is 31.8 Å². The fraction of sp³-hybridized carbons (Fsp3) is 0.0690. The molecule has 0 atom stereocenters. The third-order valence-electron chi connectivity index (χ3n) is 5.29. The van der Waals surface area contributed by atoms with Gasteiger partial charge in [0.05, 0.1) is 23.9 Å². The van der Waals surface area contributed by atoms with Crippen molar-refractivity contribution in [2.24, 2.45) is 5.10 Å². The van der Waals surface area contributed by atoms with Crippen LogP contribution in [0.3, 0.4) is 0 Å². The van der Waals surface area contributed by atoms with Gasteiger partial charge in [-0.15, -0.1) is 0 Å². The molecule has 7 nitrogen and oxygen atoms in total. The number of ether oxygens (including phenoxy) is 3. The lowest BCUT2D eigenvalue weighted by molar-refractivity contribution is 0.0729. The topological polar surface area (TPSA) is 86.2 Å². The van der Waals surface area contributed by atoms with Crippen molar-refractivity contribution in [2.75, 3.05) is 7.11 Å². The number of amides is 1. The Balaban J connectivity index is 1.33. The third-order valence-corrected chi connectivity index (χ3v) is 5.83. The second kappa shape index (κ2) is 12.8. The van der Waals surface area contributed by atoms with E-state index in [1.807, 2.05) is 30.3 Å². The first kappa shape index (κ1) is 26.7. The van der Waals surface area contributed by atoms with E-state index in [9.17, 15) is 9.59 Å². The number of nitrogens with zero attached hydrogens (tertiary/aromatic N) is 1. The summed E-state index contributed by atoms with van der Waals surface area (Å²) in [4.78, 5) is 25.0. The highest BCUT2D eigenvalue weighted by atomic mass is 35.5. The van der Waals surface area contributed by atoms with Crippen LogP contribution in [-0.2, 0) is 6.61 Å². The van der Waals surface area contributed by atoms with Crippen LogP contribution >= 0.6 is 23.2 Å². The summed E-state index contributed by atoms with van der Waals surface area (Å²) in [5.41, 5.74) is 4.73. The van der Waals surface area contributed by atoms with Crippen molar-refractivity contribution in [3.05, 3.63) is 123 Å². The minimum absolute atomic E-state index is 0.169. The first-order chi connectivity index (χ1) is 18.4. The summed E-state index contributed by atoms with van der Waals surface area (Å²) in [5.74, 6) is 0.104. The van der Waals surface area contributed by atoms with Gasteiger partial charge in [0, 0.05) is 10.6 Å². The van der Waals surface area contributed by atoms with Crippen molar-refractivity contribution >= 4 is 41.3 Å². The molecule has 0 saturated carbocycles. The van der Waals surface area contributed by atoms with Crippen molar-refractivity contribution in [3.63, 3.8) is 0 Å². The Morgan fingerprint density at radius 1 is 0.895 bits per heavy atom. The van der Waals surface area contributed by atoms with Gasteiger partial charge in [0.1, 0.15) is 12.4 Å². The van der Waals surface area contributed by atoms with Crippen LogP contribution < -0.4 is 19.6 Å². The number of esters is 1. The molecule has 9 heteroatoms. The second-order valence-corrected chi connectivity index (χ2v) is 8.77. The van der Waals surface area contributed by atoms with E-state index in [1.165, 1.54) is 25.5 Å². The monoisotopic (exact) mass is 548 g/mol. The van der Waals surface area contributed by atoms with Crippen LogP contribution in [0, 0.1) is 0 Å². The number of nitrogens with one attached hydrogen (secondary N) is 1. The molecule has 38 heavy (non-hydrogen) atoms. The number of halogens is 2. The van der Waals surface area contributed by atoms with Gasteiger partial charge in [0.25, 0.3) is 5.91 Å². The minimum Gasteiger partial charge on any atom is -0.493 e. The normalized spacial score (nSPS) is 10.7. The highest BCUT2D eigenvalue weighted by molar-refractivity contribution is 6.36. The predicted octanol–water partition coefficient (Wildman–Crippen LogP) is 6.56. The van der Waals surface area contributed by atoms with E-state index in [1.54, 1.807) is 48.5 Å². The molecule has 4 rings (SSSR count). The zero-order chi connectivity index (χ0) is 26.9. The maximum atomic E-state index is 12.5. The quantitative estimate of drug-likeness (QED) is 0.111. The second-order valence-electron chi connectivity index (χ2n) is 7.92. The van der Waals surface area contributed by atoms with Crippen LogP contribution in [-0.4, -0.2) is 25.2 Å². The maximum Gasteiger partial charge on any atom is 0.345 e. The van der Waals surface area contributed by atoms with Gasteiger partial charge in [-0.25, -0.2) is 10.2 Å². The number of hydrogen-bond acceptors (Lipinski definition) is 6. The van der Waals surface area contributed by atoms with Gasteiger partial charge in [-0.05, 0) is 71.8 Å². The summed E-state index contributed by atoms with van der Waals surface area (Å²) in [6.07, 6.45) is 1.44. The molecule has 1 amide bonds. The standard InChI is InChI=1S/C29H22Cl2N2O5/c1-36-27-15-20(7-14-26(27)38-29(35)24-13-10-22(30)16-25(24)31)17-32-33-28(34)21-8-11-23(12-9-21)37-18-19-5-3-2-4-6-19/h2-17H,18H2,1H3,(H,33,34)/b32-17+. The van der Waals surface area contributed by atoms with Crippen molar-refractivity contribution in [3.8, 4) is 17.2 Å². The molecule has 0 aliphatic carbocycles. The lowest BCUT2D eigenvalue weighted by Gasteiger charge is -2.10. The Morgan fingerprint density at radius 2 is 1.66 bits per heavy atom. The highest BCUT2D eigenvalue weighted by Gasteiger charge is 2.16. The number of carbonyl (C=O) groups is 2. The third kappa shape index (κ3) is 7.12. The molecule has 1 N–H and O–H groups in total. The molecule has 0 aliphatic heterocycles. The number of hydrogen-bond donors (Lipinski definition) is 1. The molecular weight excluding hydrogens is 527 g/mol. The number of methoxy groups -OCH3 is 1. The summed E-state index contributed by atoms with van der Waals surface area (Å²) in [6.45, 7) is 0.438. The van der Waals surface area contributed by atoms with Crippen molar-refractivity contribution in [1.29, 1.82) is 0 Å². The molecular formula is C29H22Cl2N2O5. The van der Waals surface area contributed by atoms with Crippen molar-refractivity contribution in [2.45, 2.75) is 6.61 Å². The Bertz CT molecular complexity index is 1460. The van der Waals surface area contributed by atoms with E-state index >= 15 is 0 Å². The number of carbonyl (C=O) groups excluding carboxylic acids is 2. The largest absolute Gasteiger partial charge is 0.493 e. The van der Waals surface area contributed by atoms with Gasteiger partial charge in [-0.2, -0.15) is 5.10 Å². The zero-order valence-corrected chi connectivity index (χ0v) is 21.7. The van der Waals surface area contributed by atoms with Crippen LogP contribution in [0.4, 0.5) is 0 Å². The first-order valence-corrected chi connectivity index (χ1v) is 12.1. The molecule has 0 heterocycles. The van der Waals surface area contributed by atoms with Gasteiger partial charge >= 0.3 is 5.97 Å². The minimum atomic E-state index is -0.657. The molecule has 0 unspecified atom stereocenters. The van der Waals surface area contributed by atoms with Gasteiger partial charge < -0.3 is 14.2 Å². The summed E-state index contributed by atoms with van der Waals surface area (Å²) in [7, 11) is 1.44. The number of hydrazone groups is 1. The molecule has 0 saturated heterocycles. The van der Waals surface area contributed by atoms with Crippen LogP contribution in [0.15, 0.2) is 96.1 Å². The lowest BCUT2D eigenvalue weighted by Crippen LogP contribution is -2.17. The average Bonchev–Trinajstić information content (AvgIpc) is 2.93. The van der Waals surface area contributed by atoms with E-state index in [2.05, 4.69) is 10.5 Å². The Morgan fingerprint density at radius 3 is 2.37 bits per heavy atom. The predicted molar refractivity (Wildman–Crippen MR) is 147 cm³/mol. The van der Waals surface area contributed by atoms with E-state index in [0.717, 1.165) is 5.56 Å².